The maximum Gasteiger partial charge on any atom is 0.410 e. The first-order valence-corrected chi connectivity index (χ1v) is 10.0. The summed E-state index contributed by atoms with van der Waals surface area (Å²) >= 11 is 0. The molecule has 0 aromatic heterocycles. The van der Waals surface area contributed by atoms with Crippen molar-refractivity contribution in [2.75, 3.05) is 20.2 Å². The summed E-state index contributed by atoms with van der Waals surface area (Å²) in [6.45, 7) is 10.9. The van der Waals surface area contributed by atoms with Gasteiger partial charge in [0.25, 0.3) is 0 Å². The van der Waals surface area contributed by atoms with Gasteiger partial charge in [-0.2, -0.15) is 0 Å². The molecule has 1 atom stereocenters. The molecule has 0 spiro atoms. The molecule has 0 bridgehead atoms. The molecular weight excluding hydrogens is 356 g/mol. The lowest BCUT2D eigenvalue weighted by atomic mass is 9.92. The molecule has 1 aromatic rings. The minimum Gasteiger partial charge on any atom is -0.497 e. The molecule has 1 unspecified atom stereocenters. The maximum atomic E-state index is 12.8. The van der Waals surface area contributed by atoms with Gasteiger partial charge in [0.2, 0.25) is 5.91 Å². The first-order valence-electron chi connectivity index (χ1n) is 10.0. The van der Waals surface area contributed by atoms with E-state index in [4.69, 9.17) is 9.47 Å². The van der Waals surface area contributed by atoms with Crippen molar-refractivity contribution in [3.05, 3.63) is 29.8 Å². The molecule has 0 saturated carbocycles. The highest BCUT2D eigenvalue weighted by Gasteiger charge is 2.31. The Morgan fingerprint density at radius 3 is 2.14 bits per heavy atom. The molecule has 1 aliphatic heterocycles. The van der Waals surface area contributed by atoms with Gasteiger partial charge in [0.1, 0.15) is 11.4 Å². The maximum absolute atomic E-state index is 12.8. The number of likely N-dealkylation sites (tertiary alicyclic amines) is 1. The van der Waals surface area contributed by atoms with Gasteiger partial charge in [-0.15, -0.1) is 0 Å². The molecule has 0 aliphatic carbocycles. The topological polar surface area (TPSA) is 67.9 Å². The van der Waals surface area contributed by atoms with Crippen LogP contribution in [0, 0.1) is 11.8 Å². The van der Waals surface area contributed by atoms with Crippen molar-refractivity contribution in [2.24, 2.45) is 11.8 Å². The molecule has 0 radical (unpaired) electrons. The number of nitrogens with zero attached hydrogens (tertiary/aromatic N) is 1. The van der Waals surface area contributed by atoms with E-state index >= 15 is 0 Å². The summed E-state index contributed by atoms with van der Waals surface area (Å²) in [7, 11) is 1.64. The number of hydrogen-bond donors (Lipinski definition) is 1. The van der Waals surface area contributed by atoms with E-state index in [0.717, 1.165) is 11.3 Å². The number of carbonyl (C=O) groups is 2. The molecule has 2 rings (SSSR count). The van der Waals surface area contributed by atoms with Crippen LogP contribution in [0.25, 0.3) is 0 Å². The third-order valence-corrected chi connectivity index (χ3v) is 4.96. The van der Waals surface area contributed by atoms with Crippen LogP contribution in [0.5, 0.6) is 5.75 Å². The molecule has 28 heavy (non-hydrogen) atoms. The highest BCUT2D eigenvalue weighted by atomic mass is 16.6. The Kier molecular flexibility index (Phi) is 7.33. The molecule has 6 heteroatoms. The van der Waals surface area contributed by atoms with Crippen LogP contribution in [0.1, 0.15) is 59.1 Å². The minimum atomic E-state index is -0.506. The average molecular weight is 391 g/mol. The van der Waals surface area contributed by atoms with E-state index in [1.165, 1.54) is 0 Å². The SMILES string of the molecule is COc1ccc(C(NC(=O)C2CCN(C(=O)OC(C)(C)C)CC2)C(C)C)cc1. The van der Waals surface area contributed by atoms with Crippen LogP contribution >= 0.6 is 0 Å². The van der Waals surface area contributed by atoms with Gasteiger partial charge < -0.3 is 19.7 Å². The fourth-order valence-electron chi connectivity index (χ4n) is 3.37. The molecule has 1 saturated heterocycles. The molecule has 6 nitrogen and oxygen atoms in total. The number of carbonyl (C=O) groups excluding carboxylic acids is 2. The van der Waals surface area contributed by atoms with Gasteiger partial charge in [0.15, 0.2) is 0 Å². The molecule has 1 aliphatic rings. The van der Waals surface area contributed by atoms with Crippen molar-refractivity contribution in [1.82, 2.24) is 10.2 Å². The van der Waals surface area contributed by atoms with Crippen molar-refractivity contribution >= 4 is 12.0 Å². The van der Waals surface area contributed by atoms with Crippen LogP contribution in [0.3, 0.4) is 0 Å². The van der Waals surface area contributed by atoms with E-state index in [0.29, 0.717) is 25.9 Å². The summed E-state index contributed by atoms with van der Waals surface area (Å²) in [5.41, 5.74) is 0.559. The molecule has 2 amide bonds. The normalized spacial score (nSPS) is 16.6. The van der Waals surface area contributed by atoms with Crippen molar-refractivity contribution in [1.29, 1.82) is 0 Å². The fraction of sp³-hybridized carbons (Fsp3) is 0.636. The number of hydrogen-bond acceptors (Lipinski definition) is 4. The number of amides is 2. The first kappa shape index (κ1) is 22.1. The van der Waals surface area contributed by atoms with Crippen molar-refractivity contribution in [2.45, 2.75) is 59.1 Å². The van der Waals surface area contributed by atoms with E-state index in [2.05, 4.69) is 19.2 Å². The van der Waals surface area contributed by atoms with Crippen LogP contribution in [-0.2, 0) is 9.53 Å². The lowest BCUT2D eigenvalue weighted by Gasteiger charge is -2.34. The zero-order chi connectivity index (χ0) is 20.9. The Hall–Kier alpha value is -2.24. The second-order valence-corrected chi connectivity index (χ2v) is 8.75. The number of piperidine rings is 1. The van der Waals surface area contributed by atoms with Crippen LogP contribution in [0.4, 0.5) is 4.79 Å². The van der Waals surface area contributed by atoms with Gasteiger partial charge >= 0.3 is 6.09 Å². The highest BCUT2D eigenvalue weighted by Crippen LogP contribution is 2.26. The molecule has 1 fully saturated rings. The van der Waals surface area contributed by atoms with Gasteiger partial charge in [0.05, 0.1) is 13.2 Å². The quantitative estimate of drug-likeness (QED) is 0.820. The number of ether oxygens (including phenoxy) is 2. The minimum absolute atomic E-state index is 0.0534. The van der Waals surface area contributed by atoms with Crippen molar-refractivity contribution < 1.29 is 19.1 Å². The zero-order valence-corrected chi connectivity index (χ0v) is 18.0. The van der Waals surface area contributed by atoms with Crippen molar-refractivity contribution in [3.8, 4) is 5.75 Å². The molecule has 156 valence electrons. The Labute approximate surface area is 168 Å². The van der Waals surface area contributed by atoms with E-state index in [1.807, 2.05) is 45.0 Å². The summed E-state index contributed by atoms with van der Waals surface area (Å²) in [5.74, 6) is 1.03. The van der Waals surface area contributed by atoms with Gasteiger partial charge in [-0.25, -0.2) is 4.79 Å². The summed E-state index contributed by atoms with van der Waals surface area (Å²) in [5, 5.41) is 3.21. The lowest BCUT2D eigenvalue weighted by molar-refractivity contribution is -0.127. The van der Waals surface area contributed by atoms with Crippen LogP contribution in [-0.4, -0.2) is 42.7 Å². The number of rotatable bonds is 5. The summed E-state index contributed by atoms with van der Waals surface area (Å²) in [6.07, 6.45) is 1.00. The smallest absolute Gasteiger partial charge is 0.410 e. The average Bonchev–Trinajstić information content (AvgIpc) is 2.64. The largest absolute Gasteiger partial charge is 0.497 e. The van der Waals surface area contributed by atoms with E-state index in [9.17, 15) is 9.59 Å². The van der Waals surface area contributed by atoms with Crippen LogP contribution < -0.4 is 10.1 Å². The predicted molar refractivity (Wildman–Crippen MR) is 109 cm³/mol. The lowest BCUT2D eigenvalue weighted by Crippen LogP contribution is -2.45. The van der Waals surface area contributed by atoms with Crippen LogP contribution in [0.2, 0.25) is 0 Å². The van der Waals surface area contributed by atoms with Gasteiger partial charge in [-0.3, -0.25) is 4.79 Å². The second kappa shape index (κ2) is 9.30. The second-order valence-electron chi connectivity index (χ2n) is 8.75. The summed E-state index contributed by atoms with van der Waals surface area (Å²) < 4.78 is 10.6. The molecule has 1 N–H and O–H groups in total. The third kappa shape index (κ3) is 6.14. The van der Waals surface area contributed by atoms with Gasteiger partial charge in [-0.05, 0) is 57.2 Å². The zero-order valence-electron chi connectivity index (χ0n) is 18.0. The Morgan fingerprint density at radius 1 is 1.11 bits per heavy atom. The van der Waals surface area contributed by atoms with E-state index < -0.39 is 5.60 Å². The Balaban J connectivity index is 1.93. The summed E-state index contributed by atoms with van der Waals surface area (Å²) in [6, 6.07) is 7.76. The Bertz CT molecular complexity index is 656. The van der Waals surface area contributed by atoms with E-state index in [-0.39, 0.29) is 29.9 Å². The highest BCUT2D eigenvalue weighted by molar-refractivity contribution is 5.79. The predicted octanol–water partition coefficient (Wildman–Crippen LogP) is 4.16. The number of methoxy groups -OCH3 is 1. The number of benzene rings is 1. The first-order chi connectivity index (χ1) is 13.1. The monoisotopic (exact) mass is 390 g/mol. The van der Waals surface area contributed by atoms with Crippen molar-refractivity contribution in [3.63, 3.8) is 0 Å². The summed E-state index contributed by atoms with van der Waals surface area (Å²) in [4.78, 5) is 26.7. The van der Waals surface area contributed by atoms with Gasteiger partial charge in [-0.1, -0.05) is 26.0 Å². The third-order valence-electron chi connectivity index (χ3n) is 4.96. The standard InChI is InChI=1S/C22H34N2O4/c1-15(2)19(16-7-9-18(27-6)10-8-16)23-20(25)17-11-13-24(14-12-17)21(26)28-22(3,4)5/h7-10,15,17,19H,11-14H2,1-6H3,(H,23,25). The molecule has 1 heterocycles. The molecular formula is C22H34N2O4. The number of nitrogens with one attached hydrogen (secondary N) is 1. The van der Waals surface area contributed by atoms with Crippen LogP contribution in [0.15, 0.2) is 24.3 Å². The molecule has 1 aromatic carbocycles. The van der Waals surface area contributed by atoms with E-state index in [1.54, 1.807) is 12.0 Å². The van der Waals surface area contributed by atoms with Gasteiger partial charge in [0, 0.05) is 19.0 Å². The Morgan fingerprint density at radius 2 is 1.68 bits per heavy atom. The fourth-order valence-corrected chi connectivity index (χ4v) is 3.37.